The lowest BCUT2D eigenvalue weighted by atomic mass is 9.74. The van der Waals surface area contributed by atoms with Crippen molar-refractivity contribution in [2.75, 3.05) is 7.11 Å². The summed E-state index contributed by atoms with van der Waals surface area (Å²) in [7, 11) is -0.866. The van der Waals surface area contributed by atoms with E-state index >= 15 is 0 Å². The second kappa shape index (κ2) is 9.12. The minimum Gasteiger partial charge on any atom is -0.507 e. The maximum absolute atomic E-state index is 13.0. The SMILES string of the molecule is COc1ccc(C[C@@H](B(O)O)N2C(=O)N[C@@H](C3CCC(N)CC3)C2=O)c(O)c1C(=O)O. The number of nitrogens with two attached hydrogens (primary N) is 1. The van der Waals surface area contributed by atoms with Gasteiger partial charge >= 0.3 is 19.1 Å². The van der Waals surface area contributed by atoms with Crippen LogP contribution in [-0.2, 0) is 11.2 Å². The molecule has 1 aliphatic heterocycles. The van der Waals surface area contributed by atoms with Crippen molar-refractivity contribution in [3.8, 4) is 11.5 Å². The molecule has 2 fully saturated rings. The standard InChI is InChI=1S/C19H26BN3O8/c1-31-12-7-4-10(16(24)14(12)18(26)27)8-13(20(29)30)23-17(25)15(22-19(23)28)9-2-5-11(21)6-3-9/h4,7,9,11,13,15,24,29-30H,2-3,5-6,8,21H2,1H3,(H,22,28)(H,26,27)/t9?,11?,13-,15-/m0/s1. The number of carbonyl (C=O) groups excluding carboxylic acids is 2. The topological polar surface area (TPSA) is 183 Å². The van der Waals surface area contributed by atoms with Crippen LogP contribution in [0.25, 0.3) is 0 Å². The van der Waals surface area contributed by atoms with E-state index in [4.69, 9.17) is 10.5 Å². The fourth-order valence-electron chi connectivity index (χ4n) is 4.34. The molecule has 12 heteroatoms. The van der Waals surface area contributed by atoms with Crippen LogP contribution in [0.1, 0.15) is 41.6 Å². The number of methoxy groups -OCH3 is 1. The van der Waals surface area contributed by atoms with E-state index in [1.165, 1.54) is 19.2 Å². The molecule has 0 radical (unpaired) electrons. The van der Waals surface area contributed by atoms with Crippen molar-refractivity contribution in [1.82, 2.24) is 10.2 Å². The Hall–Kier alpha value is -2.83. The zero-order valence-corrected chi connectivity index (χ0v) is 17.0. The maximum Gasteiger partial charge on any atom is 0.476 e. The molecule has 1 heterocycles. The highest BCUT2D eigenvalue weighted by molar-refractivity contribution is 6.44. The molecule has 0 unspecified atom stereocenters. The molecule has 2 aliphatic rings. The van der Waals surface area contributed by atoms with Gasteiger partial charge in [0.15, 0.2) is 0 Å². The lowest BCUT2D eigenvalue weighted by molar-refractivity contribution is -0.129. The van der Waals surface area contributed by atoms with Crippen LogP contribution in [0.5, 0.6) is 11.5 Å². The largest absolute Gasteiger partial charge is 0.507 e. The van der Waals surface area contributed by atoms with Gasteiger partial charge in [-0.3, -0.25) is 9.69 Å². The lowest BCUT2D eigenvalue weighted by Crippen LogP contribution is -2.51. The summed E-state index contributed by atoms with van der Waals surface area (Å²) in [5, 5.41) is 42.2. The average molecular weight is 435 g/mol. The van der Waals surface area contributed by atoms with Crippen LogP contribution >= 0.6 is 0 Å². The highest BCUT2D eigenvalue weighted by Gasteiger charge is 2.48. The van der Waals surface area contributed by atoms with E-state index in [1.54, 1.807) is 0 Å². The minimum atomic E-state index is -2.11. The summed E-state index contributed by atoms with van der Waals surface area (Å²) in [6.45, 7) is 0. The van der Waals surface area contributed by atoms with E-state index in [-0.39, 0.29) is 29.7 Å². The van der Waals surface area contributed by atoms with E-state index in [0.717, 1.165) is 17.7 Å². The van der Waals surface area contributed by atoms with Crippen molar-refractivity contribution < 1.29 is 39.4 Å². The number of carboxylic acid groups (broad SMARTS) is 1. The molecule has 2 atom stereocenters. The Bertz CT molecular complexity index is 872. The van der Waals surface area contributed by atoms with Crippen LogP contribution < -0.4 is 15.8 Å². The lowest BCUT2D eigenvalue weighted by Gasteiger charge is -2.30. The van der Waals surface area contributed by atoms with Crippen LogP contribution in [0.15, 0.2) is 12.1 Å². The van der Waals surface area contributed by atoms with Gasteiger partial charge in [-0.2, -0.15) is 0 Å². The molecule has 0 spiro atoms. The molecule has 1 aromatic carbocycles. The highest BCUT2D eigenvalue weighted by atomic mass is 16.5. The van der Waals surface area contributed by atoms with Crippen LogP contribution in [0, 0.1) is 5.92 Å². The summed E-state index contributed by atoms with van der Waals surface area (Å²) in [6, 6.07) is 1.15. The third kappa shape index (κ3) is 4.46. The summed E-state index contributed by atoms with van der Waals surface area (Å²) < 4.78 is 4.94. The number of carboxylic acids is 1. The predicted octanol–water partition coefficient (Wildman–Crippen LogP) is -0.540. The Morgan fingerprint density at radius 2 is 1.94 bits per heavy atom. The number of hydrogen-bond acceptors (Lipinski definition) is 8. The number of aromatic hydroxyl groups is 1. The molecule has 168 valence electrons. The quantitative estimate of drug-likeness (QED) is 0.242. The second-order valence-electron chi connectivity index (χ2n) is 7.95. The first-order chi connectivity index (χ1) is 14.6. The normalized spacial score (nSPS) is 24.6. The molecule has 31 heavy (non-hydrogen) atoms. The molecule has 1 saturated carbocycles. The van der Waals surface area contributed by atoms with E-state index in [0.29, 0.717) is 12.8 Å². The number of aromatic carboxylic acids is 1. The number of imide groups is 1. The highest BCUT2D eigenvalue weighted by Crippen LogP contribution is 2.34. The van der Waals surface area contributed by atoms with E-state index < -0.39 is 48.3 Å². The number of benzene rings is 1. The molecule has 1 aliphatic carbocycles. The van der Waals surface area contributed by atoms with E-state index in [2.05, 4.69) is 5.32 Å². The van der Waals surface area contributed by atoms with Crippen molar-refractivity contribution in [3.63, 3.8) is 0 Å². The molecule has 7 N–H and O–H groups in total. The van der Waals surface area contributed by atoms with Crippen LogP contribution in [0.2, 0.25) is 0 Å². The third-order valence-corrected chi connectivity index (χ3v) is 6.05. The van der Waals surface area contributed by atoms with Crippen LogP contribution in [-0.4, -0.2) is 75.3 Å². The predicted molar refractivity (Wildman–Crippen MR) is 108 cm³/mol. The smallest absolute Gasteiger partial charge is 0.476 e. The fraction of sp³-hybridized carbons (Fsp3) is 0.526. The Morgan fingerprint density at radius 1 is 1.29 bits per heavy atom. The number of phenols is 1. The molecule has 1 saturated heterocycles. The number of urea groups is 1. The molecule has 0 aromatic heterocycles. The summed E-state index contributed by atoms with van der Waals surface area (Å²) in [5.74, 6) is -4.28. The Morgan fingerprint density at radius 3 is 2.48 bits per heavy atom. The number of carbonyl (C=O) groups is 3. The molecule has 0 bridgehead atoms. The van der Waals surface area contributed by atoms with Crippen LogP contribution in [0.3, 0.4) is 0 Å². The summed E-state index contributed by atoms with van der Waals surface area (Å²) >= 11 is 0. The fourth-order valence-corrected chi connectivity index (χ4v) is 4.34. The summed E-state index contributed by atoms with van der Waals surface area (Å²) in [6.07, 6.45) is 2.43. The molecule has 1 aromatic rings. The summed E-state index contributed by atoms with van der Waals surface area (Å²) in [4.78, 5) is 37.8. The van der Waals surface area contributed by atoms with Gasteiger partial charge in [0.2, 0.25) is 0 Å². The van der Waals surface area contributed by atoms with Gasteiger partial charge in [-0.25, -0.2) is 9.59 Å². The van der Waals surface area contributed by atoms with E-state index in [9.17, 15) is 34.6 Å². The Labute approximate surface area is 178 Å². The van der Waals surface area contributed by atoms with Gasteiger partial charge in [0.05, 0.1) is 13.1 Å². The zero-order valence-electron chi connectivity index (χ0n) is 17.0. The number of rotatable bonds is 7. The average Bonchev–Trinajstić information content (AvgIpc) is 3.01. The first-order valence-electron chi connectivity index (χ1n) is 10.0. The first-order valence-corrected chi connectivity index (χ1v) is 10.0. The molecule has 3 amide bonds. The van der Waals surface area contributed by atoms with Gasteiger partial charge in [0.1, 0.15) is 23.1 Å². The van der Waals surface area contributed by atoms with Gasteiger partial charge in [-0.05, 0) is 49.7 Å². The molecular weight excluding hydrogens is 409 g/mol. The minimum absolute atomic E-state index is 0.0176. The maximum atomic E-state index is 13.0. The number of hydrogen-bond donors (Lipinski definition) is 6. The van der Waals surface area contributed by atoms with Crippen molar-refractivity contribution in [3.05, 3.63) is 23.3 Å². The van der Waals surface area contributed by atoms with Gasteiger partial charge in [0, 0.05) is 6.04 Å². The third-order valence-electron chi connectivity index (χ3n) is 6.05. The Balaban J connectivity index is 1.86. The Kier molecular flexibility index (Phi) is 6.72. The van der Waals surface area contributed by atoms with Gasteiger partial charge in [-0.1, -0.05) is 6.07 Å². The van der Waals surface area contributed by atoms with Gasteiger partial charge in [0.25, 0.3) is 5.91 Å². The number of nitrogens with zero attached hydrogens (tertiary/aromatic N) is 1. The first kappa shape index (κ1) is 22.9. The second-order valence-corrected chi connectivity index (χ2v) is 7.95. The van der Waals surface area contributed by atoms with Crippen molar-refractivity contribution >= 4 is 25.0 Å². The zero-order chi connectivity index (χ0) is 22.9. The molecule has 3 rings (SSSR count). The number of amides is 3. The molecule has 11 nitrogen and oxygen atoms in total. The van der Waals surface area contributed by atoms with Crippen molar-refractivity contribution in [1.29, 1.82) is 0 Å². The van der Waals surface area contributed by atoms with Gasteiger partial charge < -0.3 is 36.0 Å². The van der Waals surface area contributed by atoms with Crippen molar-refractivity contribution in [2.24, 2.45) is 11.7 Å². The molecular formula is C19H26BN3O8. The van der Waals surface area contributed by atoms with Gasteiger partial charge in [-0.15, -0.1) is 0 Å². The monoisotopic (exact) mass is 435 g/mol. The van der Waals surface area contributed by atoms with E-state index in [1.807, 2.05) is 0 Å². The van der Waals surface area contributed by atoms with Crippen LogP contribution in [0.4, 0.5) is 4.79 Å². The summed E-state index contributed by atoms with van der Waals surface area (Å²) in [5.41, 5.74) is 5.42. The van der Waals surface area contributed by atoms with Crippen molar-refractivity contribution in [2.45, 2.75) is 50.1 Å². The number of nitrogens with one attached hydrogen (secondary N) is 1. The number of ether oxygens (including phenoxy) is 1.